The first-order chi connectivity index (χ1) is 10.1. The molecule has 3 nitrogen and oxygen atoms in total. The average molecular weight is 284 g/mol. The first kappa shape index (κ1) is 14.3. The number of hydrogen-bond acceptors (Lipinski definition) is 2. The van der Waals surface area contributed by atoms with E-state index in [1.54, 1.807) is 0 Å². The molecule has 1 fully saturated rings. The summed E-state index contributed by atoms with van der Waals surface area (Å²) in [6.45, 7) is 4.81. The summed E-state index contributed by atoms with van der Waals surface area (Å²) >= 11 is 0. The van der Waals surface area contributed by atoms with Gasteiger partial charge in [0, 0.05) is 18.7 Å². The highest BCUT2D eigenvalue weighted by Crippen LogP contribution is 2.43. The summed E-state index contributed by atoms with van der Waals surface area (Å²) in [7, 11) is 0. The lowest BCUT2D eigenvalue weighted by Gasteiger charge is -2.22. The fraction of sp³-hybridized carbons (Fsp3) is 0.500. The number of allylic oxidation sites excluding steroid dienone is 2. The third-order valence-electron chi connectivity index (χ3n) is 4.81. The van der Waals surface area contributed by atoms with E-state index in [0.29, 0.717) is 6.04 Å². The number of rotatable bonds is 5. The van der Waals surface area contributed by atoms with Gasteiger partial charge in [-0.05, 0) is 61.8 Å². The molecule has 1 aromatic rings. The van der Waals surface area contributed by atoms with Crippen LogP contribution in [0.15, 0.2) is 36.4 Å². The van der Waals surface area contributed by atoms with Crippen LogP contribution in [-0.2, 0) is 4.79 Å². The lowest BCUT2D eigenvalue weighted by atomic mass is 9.93. The molecule has 3 heteroatoms. The van der Waals surface area contributed by atoms with Crippen molar-refractivity contribution in [3.63, 3.8) is 0 Å². The van der Waals surface area contributed by atoms with Gasteiger partial charge in [-0.2, -0.15) is 0 Å². The number of carbonyl (C=O) groups excluding carboxylic acids is 1. The van der Waals surface area contributed by atoms with Crippen LogP contribution in [0.3, 0.4) is 0 Å². The summed E-state index contributed by atoms with van der Waals surface area (Å²) in [6, 6.07) is 8.41. The Morgan fingerprint density at radius 3 is 2.86 bits per heavy atom. The van der Waals surface area contributed by atoms with Crippen molar-refractivity contribution in [2.45, 2.75) is 32.7 Å². The second-order valence-corrected chi connectivity index (χ2v) is 6.48. The molecule has 2 bridgehead atoms. The smallest absolute Gasteiger partial charge is 0.221 e. The Morgan fingerprint density at radius 1 is 1.33 bits per heavy atom. The predicted octanol–water partition coefficient (Wildman–Crippen LogP) is 3.51. The van der Waals surface area contributed by atoms with Gasteiger partial charge in [0.05, 0.1) is 0 Å². The Kier molecular flexibility index (Phi) is 4.11. The predicted molar refractivity (Wildman–Crippen MR) is 86.0 cm³/mol. The number of hydrogen-bond donors (Lipinski definition) is 2. The summed E-state index contributed by atoms with van der Waals surface area (Å²) < 4.78 is 0. The number of anilines is 1. The molecule has 2 aliphatic rings. The largest absolute Gasteiger partial charge is 0.326 e. The molecule has 2 N–H and O–H groups in total. The lowest BCUT2D eigenvalue weighted by molar-refractivity contribution is -0.114. The van der Waals surface area contributed by atoms with Gasteiger partial charge in [0.2, 0.25) is 5.91 Å². The van der Waals surface area contributed by atoms with Gasteiger partial charge >= 0.3 is 0 Å². The molecule has 1 saturated carbocycles. The van der Waals surface area contributed by atoms with E-state index in [4.69, 9.17) is 0 Å². The van der Waals surface area contributed by atoms with E-state index < -0.39 is 0 Å². The summed E-state index contributed by atoms with van der Waals surface area (Å²) in [5.74, 6) is 2.39. The maximum atomic E-state index is 11.1. The third kappa shape index (κ3) is 3.35. The van der Waals surface area contributed by atoms with Gasteiger partial charge in [0.1, 0.15) is 0 Å². The standard InChI is InChI=1S/C18H24N2O/c1-12(15-4-3-5-18(10-15)20-13(2)21)19-11-17-9-14-6-7-16(17)8-14/h3-7,10,12,14,16-17,19H,8-9,11H2,1-2H3,(H,20,21). The molecule has 2 aliphatic carbocycles. The molecule has 21 heavy (non-hydrogen) atoms. The Balaban J connectivity index is 1.56. The van der Waals surface area contributed by atoms with Crippen molar-refractivity contribution < 1.29 is 4.79 Å². The molecule has 0 heterocycles. The van der Waals surface area contributed by atoms with Gasteiger partial charge in [0.25, 0.3) is 0 Å². The fourth-order valence-corrected chi connectivity index (χ4v) is 3.66. The van der Waals surface area contributed by atoms with Crippen molar-refractivity contribution in [2.24, 2.45) is 17.8 Å². The van der Waals surface area contributed by atoms with Crippen LogP contribution in [0.1, 0.15) is 38.3 Å². The quantitative estimate of drug-likeness (QED) is 0.812. The number of benzene rings is 1. The highest BCUT2D eigenvalue weighted by atomic mass is 16.1. The molecule has 0 aromatic heterocycles. The molecule has 0 spiro atoms. The average Bonchev–Trinajstić information content (AvgIpc) is 3.06. The van der Waals surface area contributed by atoms with Crippen molar-refractivity contribution in [2.75, 3.05) is 11.9 Å². The van der Waals surface area contributed by atoms with Crippen molar-refractivity contribution in [1.29, 1.82) is 0 Å². The molecule has 3 rings (SSSR count). The first-order valence-corrected chi connectivity index (χ1v) is 7.91. The van der Waals surface area contributed by atoms with Crippen molar-refractivity contribution in [3.05, 3.63) is 42.0 Å². The number of fused-ring (bicyclic) bond motifs is 2. The Bertz CT molecular complexity index is 552. The van der Waals surface area contributed by atoms with Crippen LogP contribution < -0.4 is 10.6 Å². The van der Waals surface area contributed by atoms with Gasteiger partial charge in [-0.25, -0.2) is 0 Å². The van der Waals surface area contributed by atoms with E-state index in [1.807, 2.05) is 12.1 Å². The molecule has 1 amide bonds. The van der Waals surface area contributed by atoms with Crippen LogP contribution in [-0.4, -0.2) is 12.5 Å². The van der Waals surface area contributed by atoms with Crippen molar-refractivity contribution >= 4 is 11.6 Å². The monoisotopic (exact) mass is 284 g/mol. The Morgan fingerprint density at radius 2 is 2.19 bits per heavy atom. The number of nitrogens with one attached hydrogen (secondary N) is 2. The zero-order valence-electron chi connectivity index (χ0n) is 12.8. The first-order valence-electron chi connectivity index (χ1n) is 7.91. The van der Waals surface area contributed by atoms with Crippen LogP contribution >= 0.6 is 0 Å². The highest BCUT2D eigenvalue weighted by Gasteiger charge is 2.35. The molecule has 4 unspecified atom stereocenters. The zero-order chi connectivity index (χ0) is 14.8. The molecule has 0 aliphatic heterocycles. The Hall–Kier alpha value is -1.61. The molecule has 4 atom stereocenters. The summed E-state index contributed by atoms with van der Waals surface area (Å²) in [4.78, 5) is 11.1. The maximum absolute atomic E-state index is 11.1. The summed E-state index contributed by atoms with van der Waals surface area (Å²) in [5, 5.41) is 6.50. The molecule has 0 saturated heterocycles. The van der Waals surface area contributed by atoms with E-state index >= 15 is 0 Å². The molecule has 1 aromatic carbocycles. The third-order valence-corrected chi connectivity index (χ3v) is 4.81. The van der Waals surface area contributed by atoms with E-state index in [1.165, 1.54) is 25.3 Å². The van der Waals surface area contributed by atoms with Crippen molar-refractivity contribution in [1.82, 2.24) is 5.32 Å². The molecular formula is C18H24N2O. The van der Waals surface area contributed by atoms with Gasteiger partial charge in [-0.3, -0.25) is 4.79 Å². The van der Waals surface area contributed by atoms with E-state index in [-0.39, 0.29) is 5.91 Å². The number of carbonyl (C=O) groups is 1. The summed E-state index contributed by atoms with van der Waals surface area (Å²) in [6.07, 6.45) is 7.50. The fourth-order valence-electron chi connectivity index (χ4n) is 3.66. The SMILES string of the molecule is CC(=O)Nc1cccc(C(C)NCC2CC3C=CC2C3)c1. The van der Waals surface area contributed by atoms with Crippen LogP contribution in [0, 0.1) is 17.8 Å². The van der Waals surface area contributed by atoms with Gasteiger partial charge in [-0.1, -0.05) is 24.3 Å². The minimum absolute atomic E-state index is 0.0264. The highest BCUT2D eigenvalue weighted by molar-refractivity contribution is 5.88. The van der Waals surface area contributed by atoms with Gasteiger partial charge in [0.15, 0.2) is 0 Å². The van der Waals surface area contributed by atoms with Crippen LogP contribution in [0.2, 0.25) is 0 Å². The molecule has 112 valence electrons. The summed E-state index contributed by atoms with van der Waals surface area (Å²) in [5.41, 5.74) is 2.09. The number of amides is 1. The van der Waals surface area contributed by atoms with Gasteiger partial charge in [-0.15, -0.1) is 0 Å². The topological polar surface area (TPSA) is 41.1 Å². The van der Waals surface area contributed by atoms with E-state index in [2.05, 4.69) is 41.8 Å². The minimum Gasteiger partial charge on any atom is -0.326 e. The van der Waals surface area contributed by atoms with Crippen molar-refractivity contribution in [3.8, 4) is 0 Å². The second-order valence-electron chi connectivity index (χ2n) is 6.48. The minimum atomic E-state index is -0.0264. The van der Waals surface area contributed by atoms with Crippen LogP contribution in [0.4, 0.5) is 5.69 Å². The Labute approximate surface area is 126 Å². The van der Waals surface area contributed by atoms with Gasteiger partial charge < -0.3 is 10.6 Å². The normalized spacial score (nSPS) is 27.8. The zero-order valence-corrected chi connectivity index (χ0v) is 12.8. The molecular weight excluding hydrogens is 260 g/mol. The lowest BCUT2D eigenvalue weighted by Crippen LogP contribution is -2.27. The van der Waals surface area contributed by atoms with E-state index in [9.17, 15) is 4.79 Å². The van der Waals surface area contributed by atoms with Crippen LogP contribution in [0.25, 0.3) is 0 Å². The van der Waals surface area contributed by atoms with Crippen LogP contribution in [0.5, 0.6) is 0 Å². The maximum Gasteiger partial charge on any atom is 0.221 e. The molecule has 0 radical (unpaired) electrons. The van der Waals surface area contributed by atoms with E-state index in [0.717, 1.165) is 30.0 Å². The second kappa shape index (κ2) is 6.02.